The smallest absolute Gasteiger partial charge is 0.270 e. The predicted octanol–water partition coefficient (Wildman–Crippen LogP) is 0.0322. The largest absolute Gasteiger partial charge is 0.350 e. The van der Waals surface area contributed by atoms with Gasteiger partial charge in [0.15, 0.2) is 0 Å². The van der Waals surface area contributed by atoms with Gasteiger partial charge >= 0.3 is 0 Å². The summed E-state index contributed by atoms with van der Waals surface area (Å²) in [5.74, 6) is -0.405. The highest BCUT2D eigenvalue weighted by atomic mass is 16.2. The van der Waals surface area contributed by atoms with Crippen molar-refractivity contribution in [3.05, 3.63) is 46.5 Å². The quantitative estimate of drug-likeness (QED) is 0.813. The molecular formula is C13H16N4O2. The maximum absolute atomic E-state index is 12.1. The SMILES string of the molecule is CNC(C)CNC(=O)c1cnc2ccccn2c1=O. The number of amides is 1. The molecule has 19 heavy (non-hydrogen) atoms. The Hall–Kier alpha value is -2.21. The van der Waals surface area contributed by atoms with Gasteiger partial charge in [0.2, 0.25) is 0 Å². The van der Waals surface area contributed by atoms with Crippen molar-refractivity contribution in [2.45, 2.75) is 13.0 Å². The van der Waals surface area contributed by atoms with Crippen molar-refractivity contribution in [2.75, 3.05) is 13.6 Å². The molecule has 6 heteroatoms. The highest BCUT2D eigenvalue weighted by Gasteiger charge is 2.13. The van der Waals surface area contributed by atoms with E-state index in [-0.39, 0.29) is 17.2 Å². The molecule has 2 N–H and O–H groups in total. The van der Waals surface area contributed by atoms with Crippen molar-refractivity contribution in [3.8, 4) is 0 Å². The maximum Gasteiger partial charge on any atom is 0.270 e. The average molecular weight is 260 g/mol. The van der Waals surface area contributed by atoms with E-state index in [0.29, 0.717) is 12.2 Å². The maximum atomic E-state index is 12.1. The van der Waals surface area contributed by atoms with Gasteiger partial charge in [-0.25, -0.2) is 4.98 Å². The van der Waals surface area contributed by atoms with Crippen LogP contribution in [0, 0.1) is 0 Å². The van der Waals surface area contributed by atoms with E-state index in [1.165, 1.54) is 10.6 Å². The van der Waals surface area contributed by atoms with E-state index in [2.05, 4.69) is 15.6 Å². The highest BCUT2D eigenvalue weighted by Crippen LogP contribution is 1.97. The molecule has 0 aliphatic rings. The molecule has 0 radical (unpaired) electrons. The number of nitrogens with zero attached hydrogens (tertiary/aromatic N) is 2. The van der Waals surface area contributed by atoms with Crippen LogP contribution in [0.3, 0.4) is 0 Å². The average Bonchev–Trinajstić information content (AvgIpc) is 2.45. The Balaban J connectivity index is 2.28. The number of aromatic nitrogens is 2. The van der Waals surface area contributed by atoms with E-state index in [4.69, 9.17) is 0 Å². The first-order valence-corrected chi connectivity index (χ1v) is 6.05. The topological polar surface area (TPSA) is 75.5 Å². The molecule has 0 aromatic carbocycles. The molecule has 0 bridgehead atoms. The first-order valence-electron chi connectivity index (χ1n) is 6.05. The number of likely N-dealkylation sites (N-methyl/N-ethyl adjacent to an activating group) is 1. The minimum atomic E-state index is -0.405. The first-order chi connectivity index (χ1) is 9.13. The van der Waals surface area contributed by atoms with Crippen LogP contribution in [0.4, 0.5) is 0 Å². The summed E-state index contributed by atoms with van der Waals surface area (Å²) in [5.41, 5.74) is 0.208. The highest BCUT2D eigenvalue weighted by molar-refractivity contribution is 5.93. The summed E-state index contributed by atoms with van der Waals surface area (Å²) in [6.07, 6.45) is 2.91. The van der Waals surface area contributed by atoms with Crippen molar-refractivity contribution in [1.29, 1.82) is 0 Å². The van der Waals surface area contributed by atoms with E-state index < -0.39 is 5.91 Å². The molecule has 0 aliphatic carbocycles. The van der Waals surface area contributed by atoms with Crippen LogP contribution < -0.4 is 16.2 Å². The third-order valence-electron chi connectivity index (χ3n) is 2.92. The normalized spacial score (nSPS) is 12.3. The van der Waals surface area contributed by atoms with Gasteiger partial charge in [-0.3, -0.25) is 14.0 Å². The first kappa shape index (κ1) is 13.2. The zero-order valence-electron chi connectivity index (χ0n) is 10.9. The molecule has 2 heterocycles. The van der Waals surface area contributed by atoms with Crippen molar-refractivity contribution in [3.63, 3.8) is 0 Å². The van der Waals surface area contributed by atoms with E-state index in [1.54, 1.807) is 24.4 Å². The lowest BCUT2D eigenvalue weighted by atomic mass is 10.2. The van der Waals surface area contributed by atoms with Crippen molar-refractivity contribution in [1.82, 2.24) is 20.0 Å². The molecule has 2 rings (SSSR count). The summed E-state index contributed by atoms with van der Waals surface area (Å²) in [5, 5.41) is 5.70. The fourth-order valence-corrected chi connectivity index (χ4v) is 1.63. The number of fused-ring (bicyclic) bond motifs is 1. The van der Waals surface area contributed by atoms with Crippen LogP contribution in [0.1, 0.15) is 17.3 Å². The molecule has 1 atom stereocenters. The Morgan fingerprint density at radius 3 is 3.00 bits per heavy atom. The second kappa shape index (κ2) is 5.62. The molecule has 0 spiro atoms. The third-order valence-corrected chi connectivity index (χ3v) is 2.92. The van der Waals surface area contributed by atoms with E-state index in [1.807, 2.05) is 14.0 Å². The molecule has 2 aromatic rings. The molecule has 0 aliphatic heterocycles. The fourth-order valence-electron chi connectivity index (χ4n) is 1.63. The lowest BCUT2D eigenvalue weighted by Gasteiger charge is -2.11. The van der Waals surface area contributed by atoms with Gasteiger partial charge in [-0.15, -0.1) is 0 Å². The second-order valence-corrected chi connectivity index (χ2v) is 4.31. The minimum absolute atomic E-state index is 0.0482. The van der Waals surface area contributed by atoms with Gasteiger partial charge in [0.1, 0.15) is 11.2 Å². The van der Waals surface area contributed by atoms with E-state index in [9.17, 15) is 9.59 Å². The minimum Gasteiger partial charge on any atom is -0.350 e. The van der Waals surface area contributed by atoms with Gasteiger partial charge in [0.05, 0.1) is 0 Å². The number of carbonyl (C=O) groups excluding carboxylic acids is 1. The monoisotopic (exact) mass is 260 g/mol. The van der Waals surface area contributed by atoms with Crippen molar-refractivity contribution >= 4 is 11.6 Å². The van der Waals surface area contributed by atoms with Crippen LogP contribution in [-0.4, -0.2) is 34.9 Å². The van der Waals surface area contributed by atoms with Gasteiger partial charge in [0.25, 0.3) is 11.5 Å². The summed E-state index contributed by atoms with van der Waals surface area (Å²) >= 11 is 0. The number of pyridine rings is 1. The fraction of sp³-hybridized carbons (Fsp3) is 0.308. The Morgan fingerprint density at radius 2 is 2.26 bits per heavy atom. The number of carbonyl (C=O) groups is 1. The molecule has 1 unspecified atom stereocenters. The number of rotatable bonds is 4. The molecular weight excluding hydrogens is 244 g/mol. The molecule has 2 aromatic heterocycles. The zero-order chi connectivity index (χ0) is 13.8. The summed E-state index contributed by atoms with van der Waals surface area (Å²) in [7, 11) is 1.81. The van der Waals surface area contributed by atoms with Gasteiger partial charge < -0.3 is 10.6 Å². The predicted molar refractivity (Wildman–Crippen MR) is 72.3 cm³/mol. The van der Waals surface area contributed by atoms with Gasteiger partial charge in [-0.1, -0.05) is 6.07 Å². The number of nitrogens with one attached hydrogen (secondary N) is 2. The van der Waals surface area contributed by atoms with Crippen LogP contribution in [0.5, 0.6) is 0 Å². The Labute approximate surface area is 110 Å². The number of hydrogen-bond acceptors (Lipinski definition) is 4. The summed E-state index contributed by atoms with van der Waals surface area (Å²) < 4.78 is 1.36. The summed E-state index contributed by atoms with van der Waals surface area (Å²) in [6, 6.07) is 5.36. The van der Waals surface area contributed by atoms with Gasteiger partial charge in [-0.05, 0) is 26.1 Å². The molecule has 1 amide bonds. The number of hydrogen-bond donors (Lipinski definition) is 2. The Kier molecular flexibility index (Phi) is 3.91. The lowest BCUT2D eigenvalue weighted by molar-refractivity contribution is 0.0948. The van der Waals surface area contributed by atoms with Crippen LogP contribution in [0.2, 0.25) is 0 Å². The second-order valence-electron chi connectivity index (χ2n) is 4.31. The summed E-state index contributed by atoms with van der Waals surface area (Å²) in [6.45, 7) is 2.39. The Bertz CT molecular complexity index is 650. The Morgan fingerprint density at radius 1 is 1.47 bits per heavy atom. The van der Waals surface area contributed by atoms with Crippen LogP contribution >= 0.6 is 0 Å². The van der Waals surface area contributed by atoms with Crippen molar-refractivity contribution in [2.24, 2.45) is 0 Å². The standard InChI is InChI=1S/C13H16N4O2/c1-9(14-2)7-16-12(18)10-8-15-11-5-3-4-6-17(11)13(10)19/h3-6,8-9,14H,7H2,1-2H3,(H,16,18). The van der Waals surface area contributed by atoms with E-state index >= 15 is 0 Å². The van der Waals surface area contributed by atoms with Gasteiger partial charge in [0, 0.05) is 25.0 Å². The van der Waals surface area contributed by atoms with Gasteiger partial charge in [-0.2, -0.15) is 0 Å². The van der Waals surface area contributed by atoms with E-state index in [0.717, 1.165) is 0 Å². The molecule has 0 saturated carbocycles. The van der Waals surface area contributed by atoms with Crippen LogP contribution in [0.25, 0.3) is 5.65 Å². The molecule has 6 nitrogen and oxygen atoms in total. The van der Waals surface area contributed by atoms with Crippen LogP contribution in [-0.2, 0) is 0 Å². The zero-order valence-corrected chi connectivity index (χ0v) is 10.9. The summed E-state index contributed by atoms with van der Waals surface area (Å²) in [4.78, 5) is 28.2. The molecule has 100 valence electrons. The third kappa shape index (κ3) is 2.79. The molecule has 0 saturated heterocycles. The van der Waals surface area contributed by atoms with Crippen LogP contribution in [0.15, 0.2) is 35.4 Å². The van der Waals surface area contributed by atoms with Crippen molar-refractivity contribution < 1.29 is 4.79 Å². The molecule has 0 fully saturated rings. The lowest BCUT2D eigenvalue weighted by Crippen LogP contribution is -2.39.